The Kier molecular flexibility index (Phi) is 3.04. The van der Waals surface area contributed by atoms with Crippen molar-refractivity contribution in [3.63, 3.8) is 0 Å². The van der Waals surface area contributed by atoms with Crippen molar-refractivity contribution in [1.29, 1.82) is 0 Å². The van der Waals surface area contributed by atoms with Gasteiger partial charge in [-0.2, -0.15) is 5.10 Å². The lowest BCUT2D eigenvalue weighted by Crippen LogP contribution is -2.30. The topological polar surface area (TPSA) is 27.1 Å². The molecule has 0 radical (unpaired) electrons. The van der Waals surface area contributed by atoms with Gasteiger partial charge >= 0.3 is 0 Å². The third kappa shape index (κ3) is 1.92. The minimum Gasteiger partial charge on any atom is -0.379 e. The molecule has 0 aliphatic carbocycles. The normalized spacial score (nSPS) is 17.1. The van der Waals surface area contributed by atoms with Crippen molar-refractivity contribution >= 4 is 23.4 Å². The molecule has 0 saturated carbocycles. The van der Waals surface area contributed by atoms with Gasteiger partial charge in [0.15, 0.2) is 0 Å². The van der Waals surface area contributed by atoms with E-state index in [1.54, 1.807) is 4.68 Å². The van der Waals surface area contributed by atoms with Gasteiger partial charge in [0.05, 0.1) is 24.2 Å². The molecule has 1 fully saturated rings. The molecule has 3 nitrogen and oxygen atoms in total. The maximum Gasteiger partial charge on any atom is 0.131 e. The van der Waals surface area contributed by atoms with Crippen molar-refractivity contribution < 1.29 is 4.74 Å². The molecule has 5 heteroatoms. The molecule has 2 rings (SSSR count). The quantitative estimate of drug-likeness (QED) is 0.798. The molecule has 0 bridgehead atoms. The summed E-state index contributed by atoms with van der Waals surface area (Å²) in [5.74, 6) is 0.937. The van der Waals surface area contributed by atoms with E-state index in [0.717, 1.165) is 35.4 Å². The lowest BCUT2D eigenvalue weighted by atomic mass is 10.3. The molecule has 0 N–H and O–H groups in total. The molecule has 1 aromatic heterocycles. The van der Waals surface area contributed by atoms with Gasteiger partial charge in [-0.05, 0) is 6.92 Å². The van der Waals surface area contributed by atoms with Crippen LogP contribution in [0.15, 0.2) is 0 Å². The highest BCUT2D eigenvalue weighted by Crippen LogP contribution is 2.28. The molecule has 1 aliphatic heterocycles. The standard InChI is InChI=1S/C9H13ClN2OS/c1-6-8(9(10)12(2)11-6)5-14-7-3-13-4-7/h7H,3-5H2,1-2H3. The van der Waals surface area contributed by atoms with Gasteiger partial charge in [-0.3, -0.25) is 4.68 Å². The molecule has 0 atom stereocenters. The second-order valence-electron chi connectivity index (χ2n) is 3.45. The average Bonchev–Trinajstić information content (AvgIpc) is 2.28. The first-order valence-corrected chi connectivity index (χ1v) is 5.98. The van der Waals surface area contributed by atoms with Crippen molar-refractivity contribution in [2.24, 2.45) is 7.05 Å². The molecular formula is C9H13ClN2OS. The van der Waals surface area contributed by atoms with E-state index in [1.165, 1.54) is 0 Å². The van der Waals surface area contributed by atoms with Crippen LogP contribution in [0.25, 0.3) is 0 Å². The molecule has 2 heterocycles. The van der Waals surface area contributed by atoms with Gasteiger partial charge in [0.1, 0.15) is 5.15 Å². The lowest BCUT2D eigenvalue weighted by Gasteiger charge is -2.25. The monoisotopic (exact) mass is 232 g/mol. The zero-order chi connectivity index (χ0) is 10.1. The van der Waals surface area contributed by atoms with Gasteiger partial charge in [0.2, 0.25) is 0 Å². The number of rotatable bonds is 3. The van der Waals surface area contributed by atoms with Crippen molar-refractivity contribution in [3.05, 3.63) is 16.4 Å². The zero-order valence-electron chi connectivity index (χ0n) is 8.29. The molecular weight excluding hydrogens is 220 g/mol. The van der Waals surface area contributed by atoms with Gasteiger partial charge in [-0.1, -0.05) is 11.6 Å². The summed E-state index contributed by atoms with van der Waals surface area (Å²) < 4.78 is 6.84. The van der Waals surface area contributed by atoms with Gasteiger partial charge in [-0.25, -0.2) is 0 Å². The van der Waals surface area contributed by atoms with Crippen LogP contribution in [0.2, 0.25) is 5.15 Å². The lowest BCUT2D eigenvalue weighted by molar-refractivity contribution is 0.0455. The van der Waals surface area contributed by atoms with Crippen LogP contribution in [0.1, 0.15) is 11.3 Å². The SMILES string of the molecule is Cc1nn(C)c(Cl)c1CSC1COC1. The number of thioether (sulfide) groups is 1. The molecule has 0 spiro atoms. The van der Waals surface area contributed by atoms with Crippen LogP contribution in [0.5, 0.6) is 0 Å². The van der Waals surface area contributed by atoms with Crippen molar-refractivity contribution in [1.82, 2.24) is 9.78 Å². The van der Waals surface area contributed by atoms with Gasteiger partial charge < -0.3 is 4.74 Å². The Labute approximate surface area is 92.8 Å². The van der Waals surface area contributed by atoms with E-state index in [-0.39, 0.29) is 0 Å². The summed E-state index contributed by atoms with van der Waals surface area (Å²) in [6.45, 7) is 3.75. The fourth-order valence-electron chi connectivity index (χ4n) is 1.35. The minimum atomic E-state index is 0.644. The first-order valence-electron chi connectivity index (χ1n) is 4.56. The number of nitrogens with zero attached hydrogens (tertiary/aromatic N) is 2. The average molecular weight is 233 g/mol. The molecule has 1 aliphatic rings. The van der Waals surface area contributed by atoms with Crippen LogP contribution < -0.4 is 0 Å². The highest BCUT2D eigenvalue weighted by Gasteiger charge is 2.20. The minimum absolute atomic E-state index is 0.644. The van der Waals surface area contributed by atoms with Crippen LogP contribution in [0.3, 0.4) is 0 Å². The molecule has 78 valence electrons. The summed E-state index contributed by atoms with van der Waals surface area (Å²) in [4.78, 5) is 0. The summed E-state index contributed by atoms with van der Waals surface area (Å²) >= 11 is 8.01. The number of halogens is 1. The first kappa shape index (κ1) is 10.3. The van der Waals surface area contributed by atoms with Crippen LogP contribution in [0, 0.1) is 6.92 Å². The van der Waals surface area contributed by atoms with E-state index in [2.05, 4.69) is 5.10 Å². The number of hydrogen-bond acceptors (Lipinski definition) is 3. The van der Waals surface area contributed by atoms with Crippen LogP contribution in [-0.2, 0) is 17.5 Å². The van der Waals surface area contributed by atoms with E-state index in [4.69, 9.17) is 16.3 Å². The Morgan fingerprint density at radius 3 is 2.79 bits per heavy atom. The largest absolute Gasteiger partial charge is 0.379 e. The number of hydrogen-bond donors (Lipinski definition) is 0. The van der Waals surface area contributed by atoms with E-state index < -0.39 is 0 Å². The Morgan fingerprint density at radius 2 is 2.36 bits per heavy atom. The predicted octanol–water partition coefficient (Wildman–Crippen LogP) is 2.01. The van der Waals surface area contributed by atoms with E-state index >= 15 is 0 Å². The van der Waals surface area contributed by atoms with Crippen LogP contribution in [0.4, 0.5) is 0 Å². The van der Waals surface area contributed by atoms with Crippen LogP contribution in [-0.4, -0.2) is 28.2 Å². The highest BCUT2D eigenvalue weighted by atomic mass is 35.5. The summed E-state index contributed by atoms with van der Waals surface area (Å²) in [5.41, 5.74) is 2.19. The summed E-state index contributed by atoms with van der Waals surface area (Å²) in [6.07, 6.45) is 0. The first-order chi connectivity index (χ1) is 6.68. The Balaban J connectivity index is 2.00. The summed E-state index contributed by atoms with van der Waals surface area (Å²) in [5, 5.41) is 5.68. The van der Waals surface area contributed by atoms with Crippen molar-refractivity contribution in [3.8, 4) is 0 Å². The Bertz CT molecular complexity index is 336. The predicted molar refractivity (Wildman–Crippen MR) is 58.9 cm³/mol. The van der Waals surface area contributed by atoms with Crippen molar-refractivity contribution in [2.75, 3.05) is 13.2 Å². The van der Waals surface area contributed by atoms with Gasteiger partial charge in [-0.15, -0.1) is 11.8 Å². The number of aryl methyl sites for hydroxylation is 2. The smallest absolute Gasteiger partial charge is 0.131 e. The third-order valence-electron chi connectivity index (χ3n) is 2.34. The highest BCUT2D eigenvalue weighted by molar-refractivity contribution is 7.99. The zero-order valence-corrected chi connectivity index (χ0v) is 9.86. The third-order valence-corrected chi connectivity index (χ3v) is 4.01. The van der Waals surface area contributed by atoms with Crippen LogP contribution >= 0.6 is 23.4 Å². The second kappa shape index (κ2) is 4.13. The molecule has 1 aromatic rings. The van der Waals surface area contributed by atoms with E-state index in [9.17, 15) is 0 Å². The summed E-state index contributed by atoms with van der Waals surface area (Å²) in [6, 6.07) is 0. The van der Waals surface area contributed by atoms with Gasteiger partial charge in [0, 0.05) is 18.4 Å². The van der Waals surface area contributed by atoms with Gasteiger partial charge in [0.25, 0.3) is 0 Å². The van der Waals surface area contributed by atoms with E-state index in [1.807, 2.05) is 25.7 Å². The van der Waals surface area contributed by atoms with E-state index in [0.29, 0.717) is 5.25 Å². The molecule has 1 saturated heterocycles. The summed E-state index contributed by atoms with van der Waals surface area (Å²) in [7, 11) is 1.87. The second-order valence-corrected chi connectivity index (χ2v) is 5.10. The fraction of sp³-hybridized carbons (Fsp3) is 0.667. The maximum absolute atomic E-state index is 6.11. The maximum atomic E-state index is 6.11. The molecule has 0 aromatic carbocycles. The number of aromatic nitrogens is 2. The molecule has 14 heavy (non-hydrogen) atoms. The number of ether oxygens (including phenoxy) is 1. The molecule has 0 amide bonds. The Morgan fingerprint density at radius 1 is 1.64 bits per heavy atom. The fourth-order valence-corrected chi connectivity index (χ4v) is 2.80. The Hall–Kier alpha value is -0.190. The molecule has 0 unspecified atom stereocenters. The van der Waals surface area contributed by atoms with Crippen molar-refractivity contribution in [2.45, 2.75) is 17.9 Å².